The minimum absolute atomic E-state index is 0.0325. The van der Waals surface area contributed by atoms with Crippen molar-refractivity contribution in [1.82, 2.24) is 0 Å². The summed E-state index contributed by atoms with van der Waals surface area (Å²) in [5.41, 5.74) is -2.33. The van der Waals surface area contributed by atoms with E-state index in [1.807, 2.05) is 0 Å². The zero-order valence-electron chi connectivity index (χ0n) is 12.5. The number of hydrogen-bond donors (Lipinski definition) is 2. The van der Waals surface area contributed by atoms with Crippen molar-refractivity contribution in [2.45, 2.75) is 9.79 Å². The molecule has 0 aromatic heterocycles. The van der Waals surface area contributed by atoms with Gasteiger partial charge in [-0.05, 0) is 45.9 Å². The van der Waals surface area contributed by atoms with Crippen LogP contribution < -0.4 is 0 Å². The van der Waals surface area contributed by atoms with Gasteiger partial charge in [-0.2, -0.15) is 0 Å². The molecule has 0 spiro atoms. The molecule has 0 heterocycles. The lowest BCUT2D eigenvalue weighted by Gasteiger charge is -2.06. The van der Waals surface area contributed by atoms with E-state index in [2.05, 4.69) is 0 Å². The highest BCUT2D eigenvalue weighted by Gasteiger charge is 2.27. The van der Waals surface area contributed by atoms with Crippen molar-refractivity contribution in [1.29, 1.82) is 0 Å². The summed E-state index contributed by atoms with van der Waals surface area (Å²) < 4.78 is 0. The van der Waals surface area contributed by atoms with Crippen LogP contribution in [-0.2, 0) is 0 Å². The number of para-hydroxylation sites is 2. The number of hydrogen-bond acceptors (Lipinski definition) is 8. The molecule has 0 unspecified atom stereocenters. The molecule has 0 aliphatic carbocycles. The highest BCUT2D eigenvalue weighted by atomic mass is 33.1. The van der Waals surface area contributed by atoms with E-state index in [0.717, 1.165) is 33.7 Å². The van der Waals surface area contributed by atoms with E-state index in [1.165, 1.54) is 24.3 Å². The second-order valence-electron chi connectivity index (χ2n) is 4.60. The summed E-state index contributed by atoms with van der Waals surface area (Å²) >= 11 is 0. The van der Waals surface area contributed by atoms with Crippen LogP contribution in [0.5, 0.6) is 0 Å². The van der Waals surface area contributed by atoms with Gasteiger partial charge in [0.15, 0.2) is 0 Å². The average Bonchev–Trinajstić information content (AvgIpc) is 2.58. The smallest absolute Gasteiger partial charge is 0.342 e. The van der Waals surface area contributed by atoms with Crippen molar-refractivity contribution in [2.75, 3.05) is 0 Å². The van der Waals surface area contributed by atoms with Crippen molar-refractivity contribution in [3.8, 4) is 0 Å². The van der Waals surface area contributed by atoms with Crippen LogP contribution in [-0.4, -0.2) is 32.0 Å². The number of aromatic carboxylic acids is 2. The maximum atomic E-state index is 11.2. The second-order valence-corrected chi connectivity index (χ2v) is 6.81. The number of carboxylic acid groups (broad SMARTS) is 2. The van der Waals surface area contributed by atoms with E-state index in [9.17, 15) is 29.8 Å². The molecule has 0 saturated heterocycles. The summed E-state index contributed by atoms with van der Waals surface area (Å²) in [6.45, 7) is 0. The Kier molecular flexibility index (Phi) is 5.79. The van der Waals surface area contributed by atoms with Gasteiger partial charge in [0.1, 0.15) is 11.1 Å². The number of rotatable bonds is 7. The van der Waals surface area contributed by atoms with Crippen molar-refractivity contribution >= 4 is 44.9 Å². The van der Waals surface area contributed by atoms with Gasteiger partial charge in [-0.25, -0.2) is 9.59 Å². The van der Waals surface area contributed by atoms with Gasteiger partial charge < -0.3 is 10.2 Å². The van der Waals surface area contributed by atoms with Crippen LogP contribution in [0.3, 0.4) is 0 Å². The standard InChI is InChI=1S/C14H8N2O8S2/c17-13(18)7-3-1-5-9(11(7)15(21)22)25-26-10-6-2-4-8(14(19)20)12(10)16(23)24/h1-6H,(H,17,18)(H,19,20). The number of carbonyl (C=O) groups is 2. The fraction of sp³-hybridized carbons (Fsp3) is 0. The van der Waals surface area contributed by atoms with E-state index in [0.29, 0.717) is 0 Å². The van der Waals surface area contributed by atoms with Crippen LogP contribution in [0.1, 0.15) is 20.7 Å². The maximum Gasteiger partial charge on any atom is 0.342 e. The molecular formula is C14H8N2O8S2. The molecule has 12 heteroatoms. The largest absolute Gasteiger partial charge is 0.477 e. The van der Waals surface area contributed by atoms with Crippen LogP contribution in [0.25, 0.3) is 0 Å². The number of nitro groups is 2. The van der Waals surface area contributed by atoms with Gasteiger partial charge in [0.05, 0.1) is 19.6 Å². The topological polar surface area (TPSA) is 161 Å². The first kappa shape index (κ1) is 19.2. The quantitative estimate of drug-likeness (QED) is 0.401. The molecule has 2 rings (SSSR count). The van der Waals surface area contributed by atoms with E-state index >= 15 is 0 Å². The molecule has 0 saturated carbocycles. The summed E-state index contributed by atoms with van der Waals surface area (Å²) in [5.74, 6) is -2.97. The third-order valence-corrected chi connectivity index (χ3v) is 5.47. The Morgan fingerprint density at radius 3 is 1.38 bits per heavy atom. The first-order valence-corrected chi connectivity index (χ1v) is 8.75. The first-order chi connectivity index (χ1) is 12.2. The Morgan fingerprint density at radius 1 is 0.769 bits per heavy atom. The summed E-state index contributed by atoms with van der Waals surface area (Å²) in [6.07, 6.45) is 0. The minimum atomic E-state index is -1.48. The molecule has 0 radical (unpaired) electrons. The van der Waals surface area contributed by atoms with E-state index in [4.69, 9.17) is 10.2 Å². The van der Waals surface area contributed by atoms with Gasteiger partial charge in [-0.1, -0.05) is 12.1 Å². The molecule has 26 heavy (non-hydrogen) atoms. The molecule has 0 atom stereocenters. The van der Waals surface area contributed by atoms with Crippen LogP contribution in [0.4, 0.5) is 11.4 Å². The van der Waals surface area contributed by atoms with Crippen molar-refractivity contribution in [3.05, 3.63) is 67.8 Å². The fourth-order valence-corrected chi connectivity index (χ4v) is 4.31. The van der Waals surface area contributed by atoms with Gasteiger partial charge in [-0.3, -0.25) is 20.2 Å². The lowest BCUT2D eigenvalue weighted by atomic mass is 10.2. The Labute approximate surface area is 152 Å². The Hall–Kier alpha value is -3.12. The predicted octanol–water partition coefficient (Wildman–Crippen LogP) is 3.70. The molecule has 2 N–H and O–H groups in total. The van der Waals surface area contributed by atoms with Gasteiger partial charge in [0.25, 0.3) is 11.4 Å². The summed E-state index contributed by atoms with van der Waals surface area (Å²) in [7, 11) is 1.45. The van der Waals surface area contributed by atoms with Crippen molar-refractivity contribution in [3.63, 3.8) is 0 Å². The van der Waals surface area contributed by atoms with Crippen LogP contribution in [0.2, 0.25) is 0 Å². The third kappa shape index (κ3) is 3.92. The molecular weight excluding hydrogens is 388 g/mol. The number of nitrogens with zero attached hydrogens (tertiary/aromatic N) is 2. The Balaban J connectivity index is 2.45. The molecule has 2 aromatic rings. The number of nitro benzene ring substituents is 2. The molecule has 0 aliphatic rings. The molecule has 0 fully saturated rings. The maximum absolute atomic E-state index is 11.2. The van der Waals surface area contributed by atoms with Crippen molar-refractivity contribution in [2.24, 2.45) is 0 Å². The molecule has 0 aliphatic heterocycles. The zero-order valence-corrected chi connectivity index (χ0v) is 14.2. The summed E-state index contributed by atoms with van der Waals surface area (Å²) in [5, 5.41) is 40.5. The van der Waals surface area contributed by atoms with E-state index in [1.54, 1.807) is 0 Å². The average molecular weight is 396 g/mol. The van der Waals surface area contributed by atoms with Crippen LogP contribution in [0.15, 0.2) is 46.2 Å². The minimum Gasteiger partial charge on any atom is -0.477 e. The SMILES string of the molecule is O=C(O)c1cccc(SSc2cccc(C(=O)O)c2[N+](=O)[O-])c1[N+](=O)[O-]. The molecule has 0 amide bonds. The Bertz CT molecular complexity index is 856. The highest BCUT2D eigenvalue weighted by molar-refractivity contribution is 8.76. The number of benzene rings is 2. The second kappa shape index (κ2) is 7.84. The summed E-state index contributed by atoms with van der Waals surface area (Å²) in [4.78, 5) is 42.9. The normalized spacial score (nSPS) is 10.3. The van der Waals surface area contributed by atoms with Crippen LogP contribution in [0, 0.1) is 20.2 Å². The molecule has 2 aromatic carbocycles. The van der Waals surface area contributed by atoms with E-state index in [-0.39, 0.29) is 9.79 Å². The number of carboxylic acids is 2. The monoisotopic (exact) mass is 396 g/mol. The predicted molar refractivity (Wildman–Crippen MR) is 91.8 cm³/mol. The van der Waals surface area contributed by atoms with Crippen LogP contribution >= 0.6 is 21.6 Å². The fourth-order valence-electron chi connectivity index (χ4n) is 1.99. The molecule has 134 valence electrons. The third-order valence-electron chi connectivity index (χ3n) is 3.05. The Morgan fingerprint density at radius 2 is 1.12 bits per heavy atom. The lowest BCUT2D eigenvalue weighted by Crippen LogP contribution is -2.04. The van der Waals surface area contributed by atoms with Gasteiger partial charge in [0.2, 0.25) is 0 Å². The molecule has 10 nitrogen and oxygen atoms in total. The lowest BCUT2D eigenvalue weighted by molar-refractivity contribution is -0.388. The van der Waals surface area contributed by atoms with E-state index < -0.39 is 44.3 Å². The van der Waals surface area contributed by atoms with Gasteiger partial charge in [0, 0.05) is 0 Å². The van der Waals surface area contributed by atoms with Crippen molar-refractivity contribution < 1.29 is 29.6 Å². The summed E-state index contributed by atoms with van der Waals surface area (Å²) in [6, 6.07) is 7.36. The van der Waals surface area contributed by atoms with Gasteiger partial charge >= 0.3 is 11.9 Å². The first-order valence-electron chi connectivity index (χ1n) is 6.60. The molecule has 0 bridgehead atoms. The highest BCUT2D eigenvalue weighted by Crippen LogP contribution is 2.46. The van der Waals surface area contributed by atoms with Gasteiger partial charge in [-0.15, -0.1) is 0 Å². The zero-order chi connectivity index (χ0) is 19.4.